The number of nitrogens with one attached hydrogen (secondary N) is 2. The molecule has 7 nitrogen and oxygen atoms in total. The van der Waals surface area contributed by atoms with Gasteiger partial charge in [0.1, 0.15) is 5.75 Å². The lowest BCUT2D eigenvalue weighted by Crippen LogP contribution is -2.44. The number of carbonyl (C=O) groups is 1. The normalized spacial score (nSPS) is 16.0. The van der Waals surface area contributed by atoms with Crippen LogP contribution in [0.15, 0.2) is 29.3 Å². The molecule has 0 aliphatic carbocycles. The summed E-state index contributed by atoms with van der Waals surface area (Å²) in [5.74, 6) is 1.68. The van der Waals surface area contributed by atoms with E-state index in [1.165, 1.54) is 7.11 Å². The maximum Gasteiger partial charge on any atom is 0.305 e. The fourth-order valence-electron chi connectivity index (χ4n) is 3.53. The molecule has 1 aromatic carbocycles. The molecule has 1 fully saturated rings. The van der Waals surface area contributed by atoms with Gasteiger partial charge in [0, 0.05) is 38.6 Å². The SMILES string of the molecule is CCNC(=NCCCCCCC(=O)OC)NC1CCN(c2ccccc2OC)C1.I. The van der Waals surface area contributed by atoms with E-state index in [-0.39, 0.29) is 29.9 Å². The van der Waals surface area contributed by atoms with Crippen molar-refractivity contribution in [1.82, 2.24) is 10.6 Å². The average Bonchev–Trinajstić information content (AvgIpc) is 3.21. The summed E-state index contributed by atoms with van der Waals surface area (Å²) < 4.78 is 10.2. The van der Waals surface area contributed by atoms with Gasteiger partial charge in [-0.2, -0.15) is 0 Å². The van der Waals surface area contributed by atoms with E-state index in [4.69, 9.17) is 9.73 Å². The first-order valence-electron chi connectivity index (χ1n) is 10.7. The molecule has 0 saturated carbocycles. The number of halogens is 1. The lowest BCUT2D eigenvalue weighted by Gasteiger charge is -2.22. The Bertz CT molecular complexity index is 657. The Morgan fingerprint density at radius 2 is 1.97 bits per heavy atom. The van der Waals surface area contributed by atoms with E-state index >= 15 is 0 Å². The monoisotopic (exact) mass is 532 g/mol. The Morgan fingerprint density at radius 3 is 2.70 bits per heavy atom. The molecule has 1 heterocycles. The van der Waals surface area contributed by atoms with Crippen LogP contribution < -0.4 is 20.3 Å². The van der Waals surface area contributed by atoms with Crippen molar-refractivity contribution in [2.24, 2.45) is 4.99 Å². The molecule has 1 aliphatic heterocycles. The molecule has 2 rings (SSSR count). The summed E-state index contributed by atoms with van der Waals surface area (Å²) in [6.07, 6.45) is 5.59. The fourth-order valence-corrected chi connectivity index (χ4v) is 3.53. The zero-order valence-electron chi connectivity index (χ0n) is 18.5. The molecule has 1 saturated heterocycles. The highest BCUT2D eigenvalue weighted by Crippen LogP contribution is 2.30. The second-order valence-electron chi connectivity index (χ2n) is 7.25. The van der Waals surface area contributed by atoms with E-state index in [0.717, 1.165) is 75.7 Å². The van der Waals surface area contributed by atoms with E-state index in [9.17, 15) is 4.79 Å². The molecule has 1 unspecified atom stereocenters. The third kappa shape index (κ3) is 8.97. The van der Waals surface area contributed by atoms with Crippen molar-refractivity contribution in [3.8, 4) is 5.75 Å². The van der Waals surface area contributed by atoms with Crippen molar-refractivity contribution in [2.75, 3.05) is 45.3 Å². The number of esters is 1. The summed E-state index contributed by atoms with van der Waals surface area (Å²) in [6, 6.07) is 8.53. The highest BCUT2D eigenvalue weighted by Gasteiger charge is 2.25. The van der Waals surface area contributed by atoms with Crippen LogP contribution in [0.1, 0.15) is 45.4 Å². The molecule has 30 heavy (non-hydrogen) atoms. The number of hydrogen-bond acceptors (Lipinski definition) is 5. The highest BCUT2D eigenvalue weighted by molar-refractivity contribution is 14.0. The smallest absolute Gasteiger partial charge is 0.305 e. The number of aliphatic imine (C=N–C) groups is 1. The van der Waals surface area contributed by atoms with Crippen LogP contribution in [0, 0.1) is 0 Å². The number of methoxy groups -OCH3 is 2. The van der Waals surface area contributed by atoms with Gasteiger partial charge in [0.05, 0.1) is 19.9 Å². The Labute approximate surface area is 198 Å². The Hall–Kier alpha value is -1.71. The Balaban J connectivity index is 0.00000450. The largest absolute Gasteiger partial charge is 0.495 e. The fraction of sp³-hybridized carbons (Fsp3) is 0.636. The van der Waals surface area contributed by atoms with Crippen molar-refractivity contribution in [3.63, 3.8) is 0 Å². The van der Waals surface area contributed by atoms with Crippen molar-refractivity contribution >= 4 is 41.6 Å². The number of unbranched alkanes of at least 4 members (excludes halogenated alkanes) is 3. The van der Waals surface area contributed by atoms with Crippen molar-refractivity contribution in [2.45, 2.75) is 51.5 Å². The van der Waals surface area contributed by atoms with Gasteiger partial charge in [-0.3, -0.25) is 9.79 Å². The minimum absolute atomic E-state index is 0. The third-order valence-corrected chi connectivity index (χ3v) is 5.09. The van der Waals surface area contributed by atoms with Gasteiger partial charge in [0.2, 0.25) is 0 Å². The van der Waals surface area contributed by atoms with Crippen LogP contribution in [0.4, 0.5) is 5.69 Å². The van der Waals surface area contributed by atoms with Crippen LogP contribution in [-0.2, 0) is 9.53 Å². The molecule has 0 aromatic heterocycles. The van der Waals surface area contributed by atoms with Crippen molar-refractivity contribution < 1.29 is 14.3 Å². The van der Waals surface area contributed by atoms with E-state index in [2.05, 4.69) is 39.3 Å². The minimum Gasteiger partial charge on any atom is -0.495 e. The first-order chi connectivity index (χ1) is 14.2. The molecule has 170 valence electrons. The number of hydrogen-bond donors (Lipinski definition) is 2. The number of para-hydroxylation sites is 2. The standard InChI is InChI=1S/C22H36N4O3.HI/c1-4-23-22(24-15-10-6-5-7-13-21(27)29-3)25-18-14-16-26(17-18)19-11-8-9-12-20(19)28-2;/h8-9,11-12,18H,4-7,10,13-17H2,1-3H3,(H2,23,24,25);1H. The third-order valence-electron chi connectivity index (χ3n) is 5.09. The van der Waals surface area contributed by atoms with E-state index in [1.807, 2.05) is 12.1 Å². The quantitative estimate of drug-likeness (QED) is 0.149. The van der Waals surface area contributed by atoms with Gasteiger partial charge in [-0.25, -0.2) is 0 Å². The van der Waals surface area contributed by atoms with Crippen LogP contribution in [-0.4, -0.2) is 58.4 Å². The summed E-state index contributed by atoms with van der Waals surface area (Å²) in [6.45, 7) is 5.64. The molecular weight excluding hydrogens is 495 g/mol. The molecule has 0 amide bonds. The number of anilines is 1. The molecule has 1 aliphatic rings. The van der Waals surface area contributed by atoms with Crippen LogP contribution in [0.5, 0.6) is 5.75 Å². The second-order valence-corrected chi connectivity index (χ2v) is 7.25. The molecular formula is C22H37IN4O3. The van der Waals surface area contributed by atoms with Gasteiger partial charge in [-0.15, -0.1) is 24.0 Å². The van der Waals surface area contributed by atoms with Gasteiger partial charge >= 0.3 is 5.97 Å². The summed E-state index contributed by atoms with van der Waals surface area (Å²) in [5.41, 5.74) is 1.15. The molecule has 0 spiro atoms. The first kappa shape index (κ1) is 26.3. The van der Waals surface area contributed by atoms with Crippen LogP contribution in [0.2, 0.25) is 0 Å². The summed E-state index contributed by atoms with van der Waals surface area (Å²) >= 11 is 0. The summed E-state index contributed by atoms with van der Waals surface area (Å²) in [4.78, 5) is 18.2. The summed E-state index contributed by atoms with van der Waals surface area (Å²) in [5, 5.41) is 6.92. The van der Waals surface area contributed by atoms with Gasteiger partial charge in [0.25, 0.3) is 0 Å². The van der Waals surface area contributed by atoms with Gasteiger partial charge in [-0.1, -0.05) is 25.0 Å². The van der Waals surface area contributed by atoms with Gasteiger partial charge in [0.15, 0.2) is 5.96 Å². The molecule has 2 N–H and O–H groups in total. The lowest BCUT2D eigenvalue weighted by molar-refractivity contribution is -0.140. The van der Waals surface area contributed by atoms with Crippen molar-refractivity contribution in [3.05, 3.63) is 24.3 Å². The lowest BCUT2D eigenvalue weighted by atomic mass is 10.1. The zero-order valence-corrected chi connectivity index (χ0v) is 20.8. The number of ether oxygens (including phenoxy) is 2. The molecule has 0 radical (unpaired) electrons. The highest BCUT2D eigenvalue weighted by atomic mass is 127. The topological polar surface area (TPSA) is 75.2 Å². The average molecular weight is 532 g/mol. The minimum atomic E-state index is -0.125. The van der Waals surface area contributed by atoms with E-state index < -0.39 is 0 Å². The van der Waals surface area contributed by atoms with Crippen LogP contribution >= 0.6 is 24.0 Å². The maximum atomic E-state index is 11.1. The van der Waals surface area contributed by atoms with Crippen LogP contribution in [0.25, 0.3) is 0 Å². The predicted octanol–water partition coefficient (Wildman–Crippen LogP) is 3.57. The molecule has 0 bridgehead atoms. The predicted molar refractivity (Wildman–Crippen MR) is 133 cm³/mol. The second kappa shape index (κ2) is 15.1. The number of carbonyl (C=O) groups excluding carboxylic acids is 1. The molecule has 1 aromatic rings. The molecule has 1 atom stereocenters. The Kier molecular flexibility index (Phi) is 13.3. The maximum absolute atomic E-state index is 11.1. The molecule has 8 heteroatoms. The first-order valence-corrected chi connectivity index (χ1v) is 10.7. The Morgan fingerprint density at radius 1 is 1.20 bits per heavy atom. The number of nitrogens with zero attached hydrogens (tertiary/aromatic N) is 2. The van der Waals surface area contributed by atoms with Gasteiger partial charge < -0.3 is 25.0 Å². The van der Waals surface area contributed by atoms with Crippen LogP contribution in [0.3, 0.4) is 0 Å². The van der Waals surface area contributed by atoms with Gasteiger partial charge in [-0.05, 0) is 38.3 Å². The zero-order chi connectivity index (χ0) is 20.9. The number of guanidine groups is 1. The van der Waals surface area contributed by atoms with Crippen molar-refractivity contribution in [1.29, 1.82) is 0 Å². The van der Waals surface area contributed by atoms with E-state index in [1.54, 1.807) is 7.11 Å². The number of benzene rings is 1. The number of rotatable bonds is 11. The summed E-state index contributed by atoms with van der Waals surface area (Å²) in [7, 11) is 3.16. The van der Waals surface area contributed by atoms with E-state index in [0.29, 0.717) is 12.5 Å².